The average Bonchev–Trinajstić information content (AvgIpc) is 3.20. The molecule has 24 heavy (non-hydrogen) atoms. The van der Waals surface area contributed by atoms with Crippen LogP contribution in [0.3, 0.4) is 0 Å². The molecule has 2 aromatic carbocycles. The highest BCUT2D eigenvalue weighted by Gasteiger charge is 2.55. The lowest BCUT2D eigenvalue weighted by molar-refractivity contribution is -0.180. The van der Waals surface area contributed by atoms with Gasteiger partial charge in [0.15, 0.2) is 0 Å². The molecule has 1 saturated heterocycles. The van der Waals surface area contributed by atoms with Gasteiger partial charge in [0, 0.05) is 12.1 Å². The van der Waals surface area contributed by atoms with Crippen LogP contribution in [0.15, 0.2) is 54.6 Å². The van der Waals surface area contributed by atoms with Gasteiger partial charge in [0.1, 0.15) is 5.75 Å². The predicted octanol–water partition coefficient (Wildman–Crippen LogP) is 2.70. The molecule has 2 aliphatic heterocycles. The second kappa shape index (κ2) is 6.26. The summed E-state index contributed by atoms with van der Waals surface area (Å²) in [7, 11) is 0. The fraction of sp³-hybridized carbons (Fsp3) is 0.316. The van der Waals surface area contributed by atoms with E-state index in [1.165, 1.54) is 0 Å². The Bertz CT molecular complexity index is 725. The Labute approximate surface area is 140 Å². The maximum absolute atomic E-state index is 12.9. The molecule has 0 aromatic heterocycles. The average molecular weight is 325 g/mol. The quantitative estimate of drug-likeness (QED) is 0.793. The van der Waals surface area contributed by atoms with Crippen LogP contribution in [0.25, 0.3) is 0 Å². The first-order chi connectivity index (χ1) is 11.8. The van der Waals surface area contributed by atoms with Crippen LogP contribution in [0.1, 0.15) is 12.0 Å². The van der Waals surface area contributed by atoms with E-state index in [1.54, 1.807) is 4.90 Å². The zero-order valence-electron chi connectivity index (χ0n) is 13.3. The van der Waals surface area contributed by atoms with Crippen LogP contribution >= 0.6 is 0 Å². The van der Waals surface area contributed by atoms with Gasteiger partial charge in [0.25, 0.3) is 11.7 Å². The third-order valence-corrected chi connectivity index (χ3v) is 4.31. The number of carbonyl (C=O) groups excluding carboxylic acids is 1. The predicted molar refractivity (Wildman–Crippen MR) is 88.9 cm³/mol. The number of nitrogens with zero attached hydrogens (tertiary/aromatic N) is 1. The van der Waals surface area contributed by atoms with Crippen LogP contribution in [0.5, 0.6) is 5.75 Å². The van der Waals surface area contributed by atoms with Crippen molar-refractivity contribution in [2.24, 2.45) is 0 Å². The zero-order valence-corrected chi connectivity index (χ0v) is 13.3. The van der Waals surface area contributed by atoms with Crippen molar-refractivity contribution in [1.29, 1.82) is 0 Å². The van der Waals surface area contributed by atoms with E-state index >= 15 is 0 Å². The van der Waals surface area contributed by atoms with E-state index < -0.39 is 5.79 Å². The SMILES string of the molecule is O=C1N(CCCOc2ccccc2)c2ccccc2C12OCCO2. The van der Waals surface area contributed by atoms with Crippen molar-refractivity contribution in [2.45, 2.75) is 12.2 Å². The van der Waals surface area contributed by atoms with Crippen LogP contribution in [-0.2, 0) is 20.1 Å². The summed E-state index contributed by atoms with van der Waals surface area (Å²) in [5.41, 5.74) is 1.67. The minimum Gasteiger partial charge on any atom is -0.494 e. The van der Waals surface area contributed by atoms with Crippen molar-refractivity contribution < 1.29 is 19.0 Å². The normalized spacial score (nSPS) is 18.2. The summed E-state index contributed by atoms with van der Waals surface area (Å²) in [5, 5.41) is 0. The first kappa shape index (κ1) is 15.2. The number of hydrogen-bond donors (Lipinski definition) is 0. The number of hydrogen-bond acceptors (Lipinski definition) is 4. The fourth-order valence-electron chi connectivity index (χ4n) is 3.23. The van der Waals surface area contributed by atoms with E-state index in [1.807, 2.05) is 54.6 Å². The lowest BCUT2D eigenvalue weighted by Crippen LogP contribution is -2.41. The van der Waals surface area contributed by atoms with Gasteiger partial charge < -0.3 is 19.1 Å². The molecule has 4 rings (SSSR count). The lowest BCUT2D eigenvalue weighted by atomic mass is 10.1. The van der Waals surface area contributed by atoms with E-state index in [0.717, 1.165) is 23.4 Å². The van der Waals surface area contributed by atoms with Gasteiger partial charge in [-0.25, -0.2) is 0 Å². The van der Waals surface area contributed by atoms with Crippen LogP contribution in [0.4, 0.5) is 5.69 Å². The number of amides is 1. The summed E-state index contributed by atoms with van der Waals surface area (Å²) in [4.78, 5) is 14.6. The van der Waals surface area contributed by atoms with Crippen molar-refractivity contribution in [3.05, 3.63) is 60.2 Å². The maximum Gasteiger partial charge on any atom is 0.292 e. The lowest BCUT2D eigenvalue weighted by Gasteiger charge is -2.22. The molecule has 0 aliphatic carbocycles. The minimum absolute atomic E-state index is 0.138. The third kappa shape index (κ3) is 2.46. The van der Waals surface area contributed by atoms with Gasteiger partial charge >= 0.3 is 0 Å². The molecule has 0 bridgehead atoms. The van der Waals surface area contributed by atoms with Crippen molar-refractivity contribution >= 4 is 11.6 Å². The van der Waals surface area contributed by atoms with E-state index in [-0.39, 0.29) is 5.91 Å². The van der Waals surface area contributed by atoms with Crippen LogP contribution in [-0.4, -0.2) is 32.3 Å². The summed E-state index contributed by atoms with van der Waals surface area (Å²) in [6, 6.07) is 17.3. The monoisotopic (exact) mass is 325 g/mol. The summed E-state index contributed by atoms with van der Waals surface area (Å²) in [6.45, 7) is 1.98. The number of benzene rings is 2. The maximum atomic E-state index is 12.9. The van der Waals surface area contributed by atoms with Crippen LogP contribution < -0.4 is 9.64 Å². The molecule has 1 amide bonds. The number of carbonyl (C=O) groups is 1. The van der Waals surface area contributed by atoms with Gasteiger partial charge in [0.05, 0.1) is 25.5 Å². The Balaban J connectivity index is 1.45. The summed E-state index contributed by atoms with van der Waals surface area (Å²) in [6.07, 6.45) is 0.727. The van der Waals surface area contributed by atoms with Crippen molar-refractivity contribution in [2.75, 3.05) is 31.3 Å². The summed E-state index contributed by atoms with van der Waals surface area (Å²) in [5.74, 6) is -0.540. The van der Waals surface area contributed by atoms with Gasteiger partial charge in [-0.2, -0.15) is 0 Å². The number of ether oxygens (including phenoxy) is 3. The first-order valence-corrected chi connectivity index (χ1v) is 8.18. The standard InChI is InChI=1S/C19H19NO4/c21-18-19(23-13-14-24-19)16-9-4-5-10-17(16)20(18)11-6-12-22-15-7-2-1-3-8-15/h1-5,7-10H,6,11-14H2. The first-order valence-electron chi connectivity index (χ1n) is 8.18. The molecule has 1 spiro atoms. The molecule has 0 atom stereocenters. The highest BCUT2D eigenvalue weighted by molar-refractivity contribution is 6.06. The Morgan fingerprint density at radius 2 is 1.71 bits per heavy atom. The molecule has 0 unspecified atom stereocenters. The van der Waals surface area contributed by atoms with E-state index in [4.69, 9.17) is 14.2 Å². The Hall–Kier alpha value is -2.37. The molecule has 0 saturated carbocycles. The van der Waals surface area contributed by atoms with Gasteiger partial charge in [-0.05, 0) is 24.6 Å². The van der Waals surface area contributed by atoms with E-state index in [9.17, 15) is 4.79 Å². The Morgan fingerprint density at radius 1 is 1.00 bits per heavy atom. The Kier molecular flexibility index (Phi) is 3.96. The molecule has 2 aromatic rings. The highest BCUT2D eigenvalue weighted by atomic mass is 16.7. The van der Waals surface area contributed by atoms with Crippen LogP contribution in [0.2, 0.25) is 0 Å². The van der Waals surface area contributed by atoms with Gasteiger partial charge in [-0.15, -0.1) is 0 Å². The Morgan fingerprint density at radius 3 is 2.50 bits per heavy atom. The largest absolute Gasteiger partial charge is 0.494 e. The molecule has 0 N–H and O–H groups in total. The molecule has 2 aliphatic rings. The molecule has 124 valence electrons. The molecule has 0 radical (unpaired) electrons. The smallest absolute Gasteiger partial charge is 0.292 e. The molecule has 5 heteroatoms. The fourth-order valence-corrected chi connectivity index (χ4v) is 3.23. The summed E-state index contributed by atoms with van der Waals surface area (Å²) < 4.78 is 17.1. The number of rotatable bonds is 5. The number of fused-ring (bicyclic) bond motifs is 2. The minimum atomic E-state index is -1.24. The van der Waals surface area contributed by atoms with Crippen molar-refractivity contribution in [1.82, 2.24) is 0 Å². The van der Waals surface area contributed by atoms with E-state index in [2.05, 4.69) is 0 Å². The van der Waals surface area contributed by atoms with Crippen LogP contribution in [0, 0.1) is 0 Å². The number of anilines is 1. The topological polar surface area (TPSA) is 48.0 Å². The summed E-state index contributed by atoms with van der Waals surface area (Å²) >= 11 is 0. The van der Waals surface area contributed by atoms with Gasteiger partial charge in [0.2, 0.25) is 0 Å². The molecule has 1 fully saturated rings. The zero-order chi connectivity index (χ0) is 16.4. The second-order valence-electron chi connectivity index (χ2n) is 5.80. The molecular weight excluding hydrogens is 306 g/mol. The number of para-hydroxylation sites is 2. The molecule has 2 heterocycles. The van der Waals surface area contributed by atoms with E-state index in [0.29, 0.717) is 26.4 Å². The second-order valence-corrected chi connectivity index (χ2v) is 5.80. The van der Waals surface area contributed by atoms with Gasteiger partial charge in [-0.1, -0.05) is 36.4 Å². The third-order valence-electron chi connectivity index (χ3n) is 4.31. The van der Waals surface area contributed by atoms with Crippen molar-refractivity contribution in [3.63, 3.8) is 0 Å². The highest BCUT2D eigenvalue weighted by Crippen LogP contribution is 2.45. The molecule has 5 nitrogen and oxygen atoms in total. The molecular formula is C19H19NO4. The van der Waals surface area contributed by atoms with Crippen molar-refractivity contribution in [3.8, 4) is 5.75 Å². The van der Waals surface area contributed by atoms with Gasteiger partial charge in [-0.3, -0.25) is 4.79 Å².